The largest absolute Gasteiger partial charge is 0.478 e. The lowest BCUT2D eigenvalue weighted by Crippen LogP contribution is -2.51. The maximum absolute atomic E-state index is 11.1. The number of nitro benzene ring substituents is 1. The van der Waals surface area contributed by atoms with Gasteiger partial charge in [0.25, 0.3) is 11.3 Å². The lowest BCUT2D eigenvalue weighted by molar-refractivity contribution is -0.384. The SMILES string of the molecule is CCC(Oc1ccc([N+](=O)[O-])cc1)(C(=O)O)C(=O)O. The van der Waals surface area contributed by atoms with Crippen molar-refractivity contribution < 1.29 is 29.5 Å². The van der Waals surface area contributed by atoms with Gasteiger partial charge >= 0.3 is 11.9 Å². The Hall–Kier alpha value is -2.64. The molecule has 0 saturated carbocycles. The molecule has 8 heteroatoms. The lowest BCUT2D eigenvalue weighted by Gasteiger charge is -2.24. The minimum absolute atomic E-state index is 0.0720. The van der Waals surface area contributed by atoms with Crippen LogP contribution < -0.4 is 4.74 Å². The van der Waals surface area contributed by atoms with Gasteiger partial charge in [-0.15, -0.1) is 0 Å². The highest BCUT2D eigenvalue weighted by Crippen LogP contribution is 2.24. The van der Waals surface area contributed by atoms with Crippen molar-refractivity contribution >= 4 is 17.6 Å². The lowest BCUT2D eigenvalue weighted by atomic mass is 10.0. The van der Waals surface area contributed by atoms with E-state index in [0.717, 1.165) is 24.3 Å². The van der Waals surface area contributed by atoms with Crippen LogP contribution in [0.3, 0.4) is 0 Å². The topological polar surface area (TPSA) is 127 Å². The van der Waals surface area contributed by atoms with Gasteiger partial charge in [0.15, 0.2) is 0 Å². The summed E-state index contributed by atoms with van der Waals surface area (Å²) < 4.78 is 4.99. The van der Waals surface area contributed by atoms with Crippen LogP contribution in [0, 0.1) is 10.1 Å². The van der Waals surface area contributed by atoms with E-state index in [2.05, 4.69) is 0 Å². The number of nitrogens with zero attached hydrogens (tertiary/aromatic N) is 1. The molecule has 19 heavy (non-hydrogen) atoms. The fourth-order valence-corrected chi connectivity index (χ4v) is 1.39. The summed E-state index contributed by atoms with van der Waals surface area (Å²) in [6, 6.07) is 4.49. The molecule has 0 radical (unpaired) electrons. The molecule has 0 saturated heterocycles. The van der Waals surface area contributed by atoms with Gasteiger partial charge in [0.05, 0.1) is 4.92 Å². The number of carbonyl (C=O) groups is 2. The zero-order valence-electron chi connectivity index (χ0n) is 9.90. The summed E-state index contributed by atoms with van der Waals surface area (Å²) in [6.07, 6.45) is -0.297. The first-order valence-electron chi connectivity index (χ1n) is 5.23. The minimum Gasteiger partial charge on any atom is -0.478 e. The number of non-ortho nitro benzene ring substituents is 1. The maximum Gasteiger partial charge on any atom is 0.360 e. The molecule has 2 N–H and O–H groups in total. The summed E-state index contributed by atoms with van der Waals surface area (Å²) in [5.74, 6) is -3.35. The van der Waals surface area contributed by atoms with Crippen LogP contribution in [0.1, 0.15) is 13.3 Å². The molecule has 0 fully saturated rings. The van der Waals surface area contributed by atoms with Gasteiger partial charge < -0.3 is 14.9 Å². The third kappa shape index (κ3) is 2.79. The van der Waals surface area contributed by atoms with E-state index >= 15 is 0 Å². The second-order valence-corrected chi connectivity index (χ2v) is 3.64. The van der Waals surface area contributed by atoms with Crippen LogP contribution in [0.15, 0.2) is 24.3 Å². The molecule has 0 heterocycles. The quantitative estimate of drug-likeness (QED) is 0.452. The van der Waals surface area contributed by atoms with Crippen LogP contribution in [0.25, 0.3) is 0 Å². The van der Waals surface area contributed by atoms with Crippen LogP contribution in [0.4, 0.5) is 5.69 Å². The van der Waals surface area contributed by atoms with Crippen molar-refractivity contribution in [1.82, 2.24) is 0 Å². The average Bonchev–Trinajstić information content (AvgIpc) is 2.35. The molecule has 102 valence electrons. The van der Waals surface area contributed by atoms with Gasteiger partial charge in [0, 0.05) is 18.6 Å². The summed E-state index contributed by atoms with van der Waals surface area (Å²) in [5.41, 5.74) is -2.61. The normalized spacial score (nSPS) is 10.8. The minimum atomic E-state index is -2.41. The summed E-state index contributed by atoms with van der Waals surface area (Å²) in [5, 5.41) is 28.4. The van der Waals surface area contributed by atoms with Crippen LogP contribution in [-0.2, 0) is 9.59 Å². The first-order chi connectivity index (χ1) is 8.83. The number of rotatable bonds is 6. The van der Waals surface area contributed by atoms with Crippen molar-refractivity contribution in [1.29, 1.82) is 0 Å². The Kier molecular flexibility index (Phi) is 4.05. The molecule has 0 atom stereocenters. The highest BCUT2D eigenvalue weighted by atomic mass is 16.6. The van der Waals surface area contributed by atoms with Gasteiger partial charge in [-0.1, -0.05) is 6.92 Å². The second-order valence-electron chi connectivity index (χ2n) is 3.64. The second kappa shape index (κ2) is 5.34. The summed E-state index contributed by atoms with van der Waals surface area (Å²) in [6.45, 7) is 1.35. The monoisotopic (exact) mass is 269 g/mol. The zero-order chi connectivity index (χ0) is 14.6. The van der Waals surface area contributed by atoms with Crippen molar-refractivity contribution in [3.63, 3.8) is 0 Å². The van der Waals surface area contributed by atoms with Gasteiger partial charge in [-0.2, -0.15) is 0 Å². The standard InChI is InChI=1S/C11H11NO7/c1-2-11(9(13)14,10(15)16)19-8-5-3-7(4-6-8)12(17)18/h3-6H,2H2,1H3,(H,13,14)(H,15,16). The van der Waals surface area contributed by atoms with Crippen molar-refractivity contribution in [3.05, 3.63) is 34.4 Å². The Bertz CT molecular complexity index is 494. The third-order valence-electron chi connectivity index (χ3n) is 2.53. The van der Waals surface area contributed by atoms with Gasteiger partial charge in [0.2, 0.25) is 0 Å². The predicted molar refractivity (Wildman–Crippen MR) is 62.0 cm³/mol. The van der Waals surface area contributed by atoms with Crippen LogP contribution in [-0.4, -0.2) is 32.7 Å². The molecule has 8 nitrogen and oxygen atoms in total. The Morgan fingerprint density at radius 2 is 1.74 bits per heavy atom. The molecular formula is C11H11NO7. The molecule has 1 rings (SSSR count). The number of ether oxygens (including phenoxy) is 1. The summed E-state index contributed by atoms with van der Waals surface area (Å²) in [4.78, 5) is 31.9. The van der Waals surface area contributed by atoms with E-state index in [1.807, 2.05) is 0 Å². The first-order valence-corrected chi connectivity index (χ1v) is 5.23. The van der Waals surface area contributed by atoms with Gasteiger partial charge in [-0.3, -0.25) is 10.1 Å². The molecule has 1 aromatic carbocycles. The summed E-state index contributed by atoms with van der Waals surface area (Å²) in [7, 11) is 0. The number of carboxylic acid groups (broad SMARTS) is 2. The number of nitro groups is 1. The van der Waals surface area contributed by atoms with Crippen LogP contribution in [0.2, 0.25) is 0 Å². The number of hydrogen-bond acceptors (Lipinski definition) is 5. The van der Waals surface area contributed by atoms with E-state index in [0.29, 0.717) is 0 Å². The predicted octanol–water partition coefficient (Wildman–Crippen LogP) is 1.29. The average molecular weight is 269 g/mol. The number of benzene rings is 1. The number of hydrogen-bond donors (Lipinski definition) is 2. The molecule has 0 unspecified atom stereocenters. The Morgan fingerprint density at radius 3 is 2.05 bits per heavy atom. The Labute approximate surface area is 107 Å². The highest BCUT2D eigenvalue weighted by molar-refractivity contribution is 6.02. The van der Waals surface area contributed by atoms with Crippen molar-refractivity contribution in [2.75, 3.05) is 0 Å². The van der Waals surface area contributed by atoms with Gasteiger partial charge in [0.1, 0.15) is 5.75 Å². The molecular weight excluding hydrogens is 258 g/mol. The molecule has 1 aromatic rings. The van der Waals surface area contributed by atoms with Crippen LogP contribution in [0.5, 0.6) is 5.75 Å². The Morgan fingerprint density at radius 1 is 1.26 bits per heavy atom. The summed E-state index contributed by atoms with van der Waals surface area (Å²) >= 11 is 0. The van der Waals surface area contributed by atoms with E-state index in [-0.39, 0.29) is 17.9 Å². The number of carboxylic acids is 2. The van der Waals surface area contributed by atoms with E-state index in [1.54, 1.807) is 0 Å². The fraction of sp³-hybridized carbons (Fsp3) is 0.273. The third-order valence-corrected chi connectivity index (χ3v) is 2.53. The smallest absolute Gasteiger partial charge is 0.360 e. The van der Waals surface area contributed by atoms with Gasteiger partial charge in [-0.25, -0.2) is 9.59 Å². The van der Waals surface area contributed by atoms with Crippen LogP contribution >= 0.6 is 0 Å². The molecule has 0 bridgehead atoms. The van der Waals surface area contributed by atoms with E-state index in [4.69, 9.17) is 14.9 Å². The molecule has 0 aromatic heterocycles. The van der Waals surface area contributed by atoms with Crippen molar-refractivity contribution in [3.8, 4) is 5.75 Å². The number of aliphatic carboxylic acids is 2. The maximum atomic E-state index is 11.1. The molecule has 0 aliphatic rings. The Balaban J connectivity index is 3.07. The first kappa shape index (κ1) is 14.4. The van der Waals surface area contributed by atoms with E-state index in [1.165, 1.54) is 6.92 Å². The molecule has 0 aliphatic carbocycles. The fourth-order valence-electron chi connectivity index (χ4n) is 1.39. The molecule has 0 amide bonds. The highest BCUT2D eigenvalue weighted by Gasteiger charge is 2.48. The van der Waals surface area contributed by atoms with Crippen molar-refractivity contribution in [2.24, 2.45) is 0 Å². The van der Waals surface area contributed by atoms with Gasteiger partial charge in [-0.05, 0) is 12.1 Å². The van der Waals surface area contributed by atoms with Crippen molar-refractivity contribution in [2.45, 2.75) is 18.9 Å². The van der Waals surface area contributed by atoms with E-state index < -0.39 is 22.5 Å². The molecule has 0 aliphatic heterocycles. The zero-order valence-corrected chi connectivity index (χ0v) is 9.90. The molecule has 0 spiro atoms. The van der Waals surface area contributed by atoms with E-state index in [9.17, 15) is 19.7 Å².